The van der Waals surface area contributed by atoms with Crippen molar-refractivity contribution in [3.63, 3.8) is 0 Å². The Morgan fingerprint density at radius 3 is 2.45 bits per heavy atom. The van der Waals surface area contributed by atoms with Crippen molar-refractivity contribution in [1.82, 2.24) is 19.3 Å². The van der Waals surface area contributed by atoms with Crippen molar-refractivity contribution in [2.24, 2.45) is 12.8 Å². The van der Waals surface area contributed by atoms with Gasteiger partial charge in [0, 0.05) is 44.2 Å². The zero-order valence-corrected chi connectivity index (χ0v) is 21.0. The topological polar surface area (TPSA) is 111 Å². The minimum atomic E-state index is -1.02. The van der Waals surface area contributed by atoms with Gasteiger partial charge in [0.1, 0.15) is 28.2 Å². The summed E-state index contributed by atoms with van der Waals surface area (Å²) in [6, 6.07) is 6.31. The number of hydrogen-bond donors (Lipinski definition) is 2. The highest BCUT2D eigenvalue weighted by Crippen LogP contribution is 2.39. The van der Waals surface area contributed by atoms with Crippen LogP contribution in [0.3, 0.4) is 0 Å². The van der Waals surface area contributed by atoms with E-state index < -0.39 is 34.6 Å². The molecule has 1 aliphatic heterocycles. The Balaban J connectivity index is 1.61. The molecular formula is C26H26F3N7O2. The van der Waals surface area contributed by atoms with E-state index in [0.717, 1.165) is 30.3 Å². The van der Waals surface area contributed by atoms with Crippen LogP contribution in [0.1, 0.15) is 42.5 Å². The lowest BCUT2D eigenvalue weighted by atomic mass is 10.2. The van der Waals surface area contributed by atoms with E-state index in [1.807, 2.05) is 18.7 Å². The molecule has 1 saturated heterocycles. The highest BCUT2D eigenvalue weighted by molar-refractivity contribution is 6.08. The molecule has 198 valence electrons. The summed E-state index contributed by atoms with van der Waals surface area (Å²) in [5.74, 6) is -2.74. The van der Waals surface area contributed by atoms with E-state index >= 15 is 4.39 Å². The lowest BCUT2D eigenvalue weighted by Gasteiger charge is -2.23. The monoisotopic (exact) mass is 525 g/mol. The van der Waals surface area contributed by atoms with E-state index in [4.69, 9.17) is 10.7 Å². The fourth-order valence-corrected chi connectivity index (χ4v) is 4.84. The van der Waals surface area contributed by atoms with Gasteiger partial charge in [-0.3, -0.25) is 9.59 Å². The quantitative estimate of drug-likeness (QED) is 0.413. The van der Waals surface area contributed by atoms with Gasteiger partial charge in [0.15, 0.2) is 17.5 Å². The Morgan fingerprint density at radius 1 is 1.11 bits per heavy atom. The first-order valence-electron chi connectivity index (χ1n) is 12.1. The Morgan fingerprint density at radius 2 is 1.82 bits per heavy atom. The van der Waals surface area contributed by atoms with Gasteiger partial charge in [-0.1, -0.05) is 19.9 Å². The normalized spacial score (nSPS) is 15.6. The van der Waals surface area contributed by atoms with Gasteiger partial charge in [-0.05, 0) is 24.6 Å². The first-order valence-corrected chi connectivity index (χ1v) is 12.1. The van der Waals surface area contributed by atoms with Crippen molar-refractivity contribution in [3.05, 3.63) is 75.7 Å². The third kappa shape index (κ3) is 4.30. The number of fused-ring (bicyclic) bond motifs is 1. The average Bonchev–Trinajstić information content (AvgIpc) is 3.43. The number of hydrogen-bond acceptors (Lipinski definition) is 6. The van der Waals surface area contributed by atoms with Crippen molar-refractivity contribution < 1.29 is 18.0 Å². The summed E-state index contributed by atoms with van der Waals surface area (Å²) in [7, 11) is 1.74. The zero-order chi connectivity index (χ0) is 27.3. The fourth-order valence-electron chi connectivity index (χ4n) is 4.84. The van der Waals surface area contributed by atoms with E-state index in [1.54, 1.807) is 11.6 Å². The van der Waals surface area contributed by atoms with Crippen LogP contribution in [-0.2, 0) is 7.05 Å². The van der Waals surface area contributed by atoms with E-state index in [2.05, 4.69) is 10.4 Å². The van der Waals surface area contributed by atoms with E-state index in [-0.39, 0.29) is 23.3 Å². The number of aryl methyl sites for hydroxylation is 1. The summed E-state index contributed by atoms with van der Waals surface area (Å²) in [6.45, 7) is 4.96. The Kier molecular flexibility index (Phi) is 6.43. The highest BCUT2D eigenvalue weighted by atomic mass is 19.1. The highest BCUT2D eigenvalue weighted by Gasteiger charge is 2.29. The first-order chi connectivity index (χ1) is 18.1. The minimum absolute atomic E-state index is 0.0163. The number of carbonyl (C=O) groups is 1. The number of halogens is 3. The minimum Gasteiger partial charge on any atom is -0.366 e. The van der Waals surface area contributed by atoms with E-state index in [0.29, 0.717) is 46.7 Å². The summed E-state index contributed by atoms with van der Waals surface area (Å²) in [4.78, 5) is 32.3. The smallest absolute Gasteiger partial charge is 0.276 e. The van der Waals surface area contributed by atoms with Crippen LogP contribution in [0.15, 0.2) is 41.2 Å². The molecule has 1 aliphatic rings. The van der Waals surface area contributed by atoms with Crippen LogP contribution in [0.25, 0.3) is 16.7 Å². The van der Waals surface area contributed by atoms with Crippen LogP contribution in [0.4, 0.5) is 24.5 Å². The van der Waals surface area contributed by atoms with Crippen LogP contribution in [0.5, 0.6) is 0 Å². The third-order valence-corrected chi connectivity index (χ3v) is 6.59. The molecule has 4 aromatic rings. The predicted molar refractivity (Wildman–Crippen MR) is 137 cm³/mol. The SMILES string of the molecule is CC(C)c1nc2c(N3CCC(N)C3)c(NC(=O)c3ccc(=O)n(-c4c(F)cccc4F)n3)cc(F)c2n1C. The van der Waals surface area contributed by atoms with Gasteiger partial charge in [0.25, 0.3) is 11.5 Å². The molecule has 5 rings (SSSR count). The molecule has 0 bridgehead atoms. The molecule has 1 fully saturated rings. The lowest BCUT2D eigenvalue weighted by molar-refractivity contribution is 0.102. The van der Waals surface area contributed by atoms with Crippen LogP contribution >= 0.6 is 0 Å². The maximum Gasteiger partial charge on any atom is 0.276 e. The maximum atomic E-state index is 15.4. The summed E-state index contributed by atoms with van der Waals surface area (Å²) < 4.78 is 46.2. The predicted octanol–water partition coefficient (Wildman–Crippen LogP) is 3.45. The number of benzene rings is 2. The maximum absolute atomic E-state index is 15.4. The van der Waals surface area contributed by atoms with Crippen molar-refractivity contribution in [1.29, 1.82) is 0 Å². The van der Waals surface area contributed by atoms with Crippen molar-refractivity contribution in [3.8, 4) is 5.69 Å². The standard InChI is InChI=1S/C26H26F3N7O2/c1-13(2)25-32-21-23(34(25)3)17(29)11-19(24(21)35-10-9-14(30)12-35)31-26(38)18-7-8-20(37)36(33-18)22-15(27)5-4-6-16(22)28/h4-8,11,13-14H,9-10,12,30H2,1-3H3,(H,31,38). The summed E-state index contributed by atoms with van der Waals surface area (Å²) in [5.41, 5.74) is 5.62. The van der Waals surface area contributed by atoms with Gasteiger partial charge >= 0.3 is 0 Å². The van der Waals surface area contributed by atoms with Crippen molar-refractivity contribution >= 4 is 28.3 Å². The van der Waals surface area contributed by atoms with Gasteiger partial charge in [0.05, 0.1) is 11.4 Å². The molecule has 1 amide bonds. The van der Waals surface area contributed by atoms with Gasteiger partial charge in [-0.15, -0.1) is 0 Å². The second-order valence-electron chi connectivity index (χ2n) is 9.62. The van der Waals surface area contributed by atoms with E-state index in [1.165, 1.54) is 6.07 Å². The van der Waals surface area contributed by atoms with Crippen LogP contribution in [0.2, 0.25) is 0 Å². The third-order valence-electron chi connectivity index (χ3n) is 6.59. The number of rotatable bonds is 5. The molecule has 9 nitrogen and oxygen atoms in total. The molecule has 3 N–H and O–H groups in total. The summed E-state index contributed by atoms with van der Waals surface area (Å²) in [5, 5.41) is 6.55. The van der Waals surface area contributed by atoms with Gasteiger partial charge in [0.2, 0.25) is 0 Å². The van der Waals surface area contributed by atoms with Crippen LogP contribution in [0, 0.1) is 17.5 Å². The molecule has 3 heterocycles. The Bertz CT molecular complexity index is 1610. The molecule has 0 spiro atoms. The molecule has 0 radical (unpaired) electrons. The molecule has 12 heteroatoms. The Labute approximate surface area is 215 Å². The number of para-hydroxylation sites is 1. The largest absolute Gasteiger partial charge is 0.366 e. The average molecular weight is 526 g/mol. The number of nitrogens with zero attached hydrogens (tertiary/aromatic N) is 5. The van der Waals surface area contributed by atoms with Gasteiger partial charge < -0.3 is 20.5 Å². The summed E-state index contributed by atoms with van der Waals surface area (Å²) in [6.07, 6.45) is 0.705. The van der Waals surface area contributed by atoms with Crippen LogP contribution < -0.4 is 21.5 Å². The second kappa shape index (κ2) is 9.60. The number of amides is 1. The zero-order valence-electron chi connectivity index (χ0n) is 21.0. The molecule has 0 aliphatic carbocycles. The molecule has 38 heavy (non-hydrogen) atoms. The second-order valence-corrected chi connectivity index (χ2v) is 9.62. The Hall–Kier alpha value is -4.19. The molecule has 1 unspecified atom stereocenters. The van der Waals surface area contributed by atoms with Crippen molar-refractivity contribution in [2.75, 3.05) is 23.3 Å². The molecule has 1 atom stereocenters. The van der Waals surface area contributed by atoms with Gasteiger partial charge in [-0.25, -0.2) is 18.2 Å². The number of nitrogens with two attached hydrogens (primary N) is 1. The number of aromatic nitrogens is 4. The molecule has 2 aromatic carbocycles. The number of carbonyl (C=O) groups excluding carboxylic acids is 1. The lowest BCUT2D eigenvalue weighted by Crippen LogP contribution is -2.28. The molecule has 2 aromatic heterocycles. The number of anilines is 2. The first kappa shape index (κ1) is 25.5. The van der Waals surface area contributed by atoms with E-state index in [9.17, 15) is 18.4 Å². The van der Waals surface area contributed by atoms with Gasteiger partial charge in [-0.2, -0.15) is 9.78 Å². The molecular weight excluding hydrogens is 499 g/mol. The summed E-state index contributed by atoms with van der Waals surface area (Å²) >= 11 is 0. The van der Waals surface area contributed by atoms with Crippen molar-refractivity contribution in [2.45, 2.75) is 32.2 Å². The number of nitrogens with one attached hydrogen (secondary N) is 1. The van der Waals surface area contributed by atoms with Crippen LogP contribution in [-0.4, -0.2) is 44.4 Å². The number of imidazole rings is 1. The molecule has 0 saturated carbocycles. The fraction of sp³-hybridized carbons (Fsp3) is 0.308.